The Bertz CT molecular complexity index is 631. The number of nitrogens with one attached hydrogen (secondary N) is 1. The molecule has 2 amide bonds. The Morgan fingerprint density at radius 2 is 2.00 bits per heavy atom. The molecule has 5 nitrogen and oxygen atoms in total. The molecule has 22 heavy (non-hydrogen) atoms. The van der Waals surface area contributed by atoms with Gasteiger partial charge in [-0.15, -0.1) is 0 Å². The standard InChI is InChI=1S/C17H22N2O3/c1-4-11(10-15(18)20)12-7-8-14-13(9-12)17(5-2,6-3)22-16(21)19-14/h7-10H,4-6H2,1-3H3,(H2,18,20)(H,19,21)/b11-10+. The molecule has 0 radical (unpaired) electrons. The van der Waals surface area contributed by atoms with Gasteiger partial charge in [-0.1, -0.05) is 26.8 Å². The van der Waals surface area contributed by atoms with Crippen molar-refractivity contribution in [3.05, 3.63) is 35.4 Å². The summed E-state index contributed by atoms with van der Waals surface area (Å²) >= 11 is 0. The van der Waals surface area contributed by atoms with E-state index < -0.39 is 17.6 Å². The fourth-order valence-electron chi connectivity index (χ4n) is 2.93. The minimum atomic E-state index is -0.626. The summed E-state index contributed by atoms with van der Waals surface area (Å²) in [6.07, 6.45) is 3.10. The van der Waals surface area contributed by atoms with Gasteiger partial charge >= 0.3 is 6.09 Å². The lowest BCUT2D eigenvalue weighted by atomic mass is 9.84. The molecule has 0 bridgehead atoms. The molecule has 0 saturated heterocycles. The zero-order valence-corrected chi connectivity index (χ0v) is 13.2. The minimum Gasteiger partial charge on any atom is -0.438 e. The highest BCUT2D eigenvalue weighted by Crippen LogP contribution is 2.42. The van der Waals surface area contributed by atoms with Crippen LogP contribution in [0.3, 0.4) is 0 Å². The predicted octanol–water partition coefficient (Wildman–Crippen LogP) is 3.54. The number of ether oxygens (including phenoxy) is 1. The summed E-state index contributed by atoms with van der Waals surface area (Å²) in [6.45, 7) is 5.97. The van der Waals surface area contributed by atoms with Gasteiger partial charge in [0, 0.05) is 11.6 Å². The molecule has 0 fully saturated rings. The fourth-order valence-corrected chi connectivity index (χ4v) is 2.93. The molecule has 0 unspecified atom stereocenters. The lowest BCUT2D eigenvalue weighted by molar-refractivity contribution is -0.113. The molecule has 1 aliphatic heterocycles. The van der Waals surface area contributed by atoms with Gasteiger partial charge in [0.1, 0.15) is 5.60 Å². The molecule has 0 aliphatic carbocycles. The summed E-state index contributed by atoms with van der Waals surface area (Å²) in [7, 11) is 0. The lowest BCUT2D eigenvalue weighted by Crippen LogP contribution is -2.38. The maximum absolute atomic E-state index is 11.8. The Balaban J connectivity index is 2.58. The SMILES string of the molecule is CC/C(=C\C(N)=O)c1ccc2c(c1)C(CC)(CC)OC(=O)N2. The Hall–Kier alpha value is -2.30. The maximum atomic E-state index is 11.8. The summed E-state index contributed by atoms with van der Waals surface area (Å²) in [4.78, 5) is 23.0. The minimum absolute atomic E-state index is 0.424. The van der Waals surface area contributed by atoms with E-state index in [0.717, 1.165) is 22.4 Å². The van der Waals surface area contributed by atoms with Gasteiger partial charge in [-0.3, -0.25) is 10.1 Å². The summed E-state index contributed by atoms with van der Waals surface area (Å²) in [5, 5.41) is 2.74. The van der Waals surface area contributed by atoms with Gasteiger partial charge in [-0.25, -0.2) is 4.79 Å². The normalized spacial score (nSPS) is 16.5. The molecule has 1 aromatic carbocycles. The fraction of sp³-hybridized carbons (Fsp3) is 0.412. The van der Waals surface area contributed by atoms with Gasteiger partial charge in [0.15, 0.2) is 0 Å². The van der Waals surface area contributed by atoms with Crippen molar-refractivity contribution in [2.45, 2.75) is 45.6 Å². The van der Waals surface area contributed by atoms with Crippen LogP contribution < -0.4 is 11.1 Å². The molecule has 0 spiro atoms. The number of allylic oxidation sites excluding steroid dienone is 1. The van der Waals surface area contributed by atoms with Crippen molar-refractivity contribution in [3.8, 4) is 0 Å². The van der Waals surface area contributed by atoms with Crippen LogP contribution in [0.25, 0.3) is 5.57 Å². The van der Waals surface area contributed by atoms with Crippen LogP contribution >= 0.6 is 0 Å². The molecule has 1 aliphatic rings. The van der Waals surface area contributed by atoms with Gasteiger partial charge in [0.25, 0.3) is 0 Å². The molecule has 2 rings (SSSR count). The topological polar surface area (TPSA) is 81.4 Å². The summed E-state index contributed by atoms with van der Waals surface area (Å²) in [5.74, 6) is -0.462. The van der Waals surface area contributed by atoms with E-state index in [1.165, 1.54) is 6.08 Å². The van der Waals surface area contributed by atoms with E-state index in [4.69, 9.17) is 10.5 Å². The highest BCUT2D eigenvalue weighted by molar-refractivity contribution is 5.95. The number of anilines is 1. The number of primary amides is 1. The van der Waals surface area contributed by atoms with E-state index in [9.17, 15) is 9.59 Å². The van der Waals surface area contributed by atoms with Crippen molar-refractivity contribution in [1.29, 1.82) is 0 Å². The van der Waals surface area contributed by atoms with Gasteiger partial charge in [-0.2, -0.15) is 0 Å². The second-order valence-electron chi connectivity index (χ2n) is 5.40. The Morgan fingerprint density at radius 1 is 1.32 bits per heavy atom. The number of amides is 2. The Labute approximate surface area is 130 Å². The quantitative estimate of drug-likeness (QED) is 0.816. The number of fused-ring (bicyclic) bond motifs is 1. The van der Waals surface area contributed by atoms with Crippen molar-refractivity contribution >= 4 is 23.3 Å². The third-order valence-electron chi connectivity index (χ3n) is 4.25. The van der Waals surface area contributed by atoms with Gasteiger partial charge in [0.2, 0.25) is 5.91 Å². The third-order valence-corrected chi connectivity index (χ3v) is 4.25. The first-order chi connectivity index (χ1) is 10.5. The molecule has 0 atom stereocenters. The first kappa shape index (κ1) is 16.1. The maximum Gasteiger partial charge on any atom is 0.412 e. The van der Waals surface area contributed by atoms with Crippen LogP contribution in [0.15, 0.2) is 24.3 Å². The van der Waals surface area contributed by atoms with Crippen molar-refractivity contribution < 1.29 is 14.3 Å². The zero-order valence-electron chi connectivity index (χ0n) is 13.2. The van der Waals surface area contributed by atoms with Gasteiger partial charge < -0.3 is 10.5 Å². The Kier molecular flexibility index (Phi) is 4.54. The van der Waals surface area contributed by atoms with E-state index in [1.54, 1.807) is 0 Å². The number of nitrogens with two attached hydrogens (primary N) is 1. The van der Waals surface area contributed by atoms with Gasteiger partial charge in [-0.05, 0) is 42.5 Å². The van der Waals surface area contributed by atoms with Crippen molar-refractivity contribution in [2.75, 3.05) is 5.32 Å². The van der Waals surface area contributed by atoms with E-state index >= 15 is 0 Å². The first-order valence-corrected chi connectivity index (χ1v) is 7.60. The molecule has 1 heterocycles. The van der Waals surface area contributed by atoms with Crippen LogP contribution in [0.2, 0.25) is 0 Å². The molecular weight excluding hydrogens is 280 g/mol. The van der Waals surface area contributed by atoms with Crippen LogP contribution in [0.4, 0.5) is 10.5 Å². The van der Waals surface area contributed by atoms with Crippen LogP contribution in [-0.2, 0) is 15.1 Å². The smallest absolute Gasteiger partial charge is 0.412 e. The van der Waals surface area contributed by atoms with Crippen LogP contribution in [-0.4, -0.2) is 12.0 Å². The van der Waals surface area contributed by atoms with E-state index in [-0.39, 0.29) is 0 Å². The van der Waals surface area contributed by atoms with Crippen LogP contribution in [0, 0.1) is 0 Å². The monoisotopic (exact) mass is 302 g/mol. The largest absolute Gasteiger partial charge is 0.438 e. The summed E-state index contributed by atoms with van der Waals surface area (Å²) < 4.78 is 5.59. The number of benzene rings is 1. The number of carbonyl (C=O) groups excluding carboxylic acids is 2. The molecular formula is C17H22N2O3. The number of hydrogen-bond acceptors (Lipinski definition) is 3. The number of rotatable bonds is 5. The van der Waals surface area contributed by atoms with Crippen molar-refractivity contribution in [3.63, 3.8) is 0 Å². The lowest BCUT2D eigenvalue weighted by Gasteiger charge is -2.37. The highest BCUT2D eigenvalue weighted by atomic mass is 16.6. The van der Waals surface area contributed by atoms with E-state index in [0.29, 0.717) is 19.3 Å². The van der Waals surface area contributed by atoms with Crippen LogP contribution in [0.5, 0.6) is 0 Å². The predicted molar refractivity (Wildman–Crippen MR) is 86.3 cm³/mol. The van der Waals surface area contributed by atoms with Crippen LogP contribution in [0.1, 0.15) is 51.2 Å². The summed E-state index contributed by atoms with van der Waals surface area (Å²) in [5.41, 5.74) is 8.14. The summed E-state index contributed by atoms with van der Waals surface area (Å²) in [6, 6.07) is 5.73. The van der Waals surface area contributed by atoms with E-state index in [1.807, 2.05) is 39.0 Å². The number of hydrogen-bond donors (Lipinski definition) is 2. The number of carbonyl (C=O) groups is 2. The van der Waals surface area contributed by atoms with Crippen molar-refractivity contribution in [2.24, 2.45) is 5.73 Å². The number of cyclic esters (lactones) is 1. The van der Waals surface area contributed by atoms with E-state index in [2.05, 4.69) is 5.32 Å². The molecule has 3 N–H and O–H groups in total. The third kappa shape index (κ3) is 2.84. The molecule has 118 valence electrons. The highest BCUT2D eigenvalue weighted by Gasteiger charge is 2.39. The zero-order chi connectivity index (χ0) is 16.3. The Morgan fingerprint density at radius 3 is 2.55 bits per heavy atom. The van der Waals surface area contributed by atoms with Crippen molar-refractivity contribution in [1.82, 2.24) is 0 Å². The average Bonchev–Trinajstić information content (AvgIpc) is 2.51. The molecule has 5 heteroatoms. The first-order valence-electron chi connectivity index (χ1n) is 7.60. The second-order valence-corrected chi connectivity index (χ2v) is 5.40. The van der Waals surface area contributed by atoms with Gasteiger partial charge in [0.05, 0.1) is 5.69 Å². The molecule has 0 saturated carbocycles. The second kappa shape index (κ2) is 6.22. The molecule has 0 aromatic heterocycles. The average molecular weight is 302 g/mol. The molecule has 1 aromatic rings.